The van der Waals surface area contributed by atoms with Gasteiger partial charge < -0.3 is 16.0 Å². The minimum atomic E-state index is -0.427. The van der Waals surface area contributed by atoms with E-state index < -0.39 is 5.54 Å². The zero-order chi connectivity index (χ0) is 15.7. The predicted octanol–water partition coefficient (Wildman–Crippen LogP) is 2.13. The monoisotopic (exact) mass is 295 g/mol. The van der Waals surface area contributed by atoms with Crippen molar-refractivity contribution < 1.29 is 4.79 Å². The second-order valence-electron chi connectivity index (χ2n) is 8.43. The molecule has 0 spiro atoms. The normalized spacial score (nSPS) is 30.0. The summed E-state index contributed by atoms with van der Waals surface area (Å²) in [6, 6.07) is 0.533. The third-order valence-corrected chi connectivity index (χ3v) is 4.90. The van der Waals surface area contributed by atoms with Crippen molar-refractivity contribution in [1.29, 1.82) is 0 Å². The van der Waals surface area contributed by atoms with Crippen molar-refractivity contribution in [1.82, 2.24) is 10.2 Å². The summed E-state index contributed by atoms with van der Waals surface area (Å²) in [5.41, 5.74) is 5.68. The molecule has 0 aromatic rings. The van der Waals surface area contributed by atoms with Gasteiger partial charge in [-0.3, -0.25) is 4.79 Å². The van der Waals surface area contributed by atoms with Gasteiger partial charge in [-0.1, -0.05) is 27.2 Å². The van der Waals surface area contributed by atoms with Crippen molar-refractivity contribution in [2.24, 2.45) is 17.1 Å². The van der Waals surface area contributed by atoms with E-state index in [-0.39, 0.29) is 5.91 Å². The maximum atomic E-state index is 12.1. The quantitative estimate of drug-likeness (QED) is 0.756. The van der Waals surface area contributed by atoms with E-state index in [0.29, 0.717) is 17.4 Å². The molecule has 0 aromatic carbocycles. The van der Waals surface area contributed by atoms with Gasteiger partial charge in [-0.05, 0) is 57.0 Å². The minimum absolute atomic E-state index is 0.129. The SMILES string of the molecule is CN(CCC1CCCC1(NC1CC1)C(N)=O)CC(C)(C)C. The summed E-state index contributed by atoms with van der Waals surface area (Å²) in [5.74, 6) is 0.272. The number of primary amides is 1. The Morgan fingerprint density at radius 2 is 2.00 bits per heavy atom. The summed E-state index contributed by atoms with van der Waals surface area (Å²) >= 11 is 0. The van der Waals surface area contributed by atoms with Crippen LogP contribution in [0.5, 0.6) is 0 Å². The van der Waals surface area contributed by atoms with Crippen LogP contribution in [0.2, 0.25) is 0 Å². The second-order valence-corrected chi connectivity index (χ2v) is 8.43. The van der Waals surface area contributed by atoms with Crippen LogP contribution in [-0.2, 0) is 4.79 Å². The Hall–Kier alpha value is -0.610. The number of carbonyl (C=O) groups excluding carboxylic acids is 1. The fourth-order valence-corrected chi connectivity index (χ4v) is 3.91. The lowest BCUT2D eigenvalue weighted by molar-refractivity contribution is -0.126. The molecule has 2 aliphatic rings. The Labute approximate surface area is 129 Å². The molecule has 0 aromatic heterocycles. The van der Waals surface area contributed by atoms with E-state index in [1.165, 1.54) is 12.8 Å². The first-order valence-corrected chi connectivity index (χ1v) is 8.49. The highest BCUT2D eigenvalue weighted by atomic mass is 16.1. The molecule has 2 saturated carbocycles. The Morgan fingerprint density at radius 1 is 1.33 bits per heavy atom. The van der Waals surface area contributed by atoms with Crippen molar-refractivity contribution in [3.8, 4) is 0 Å². The van der Waals surface area contributed by atoms with Gasteiger partial charge in [-0.25, -0.2) is 0 Å². The highest BCUT2D eigenvalue weighted by Crippen LogP contribution is 2.40. The average Bonchev–Trinajstić information content (AvgIpc) is 3.03. The fraction of sp³-hybridized carbons (Fsp3) is 0.941. The smallest absolute Gasteiger partial charge is 0.238 e. The molecule has 0 saturated heterocycles. The molecule has 0 bridgehead atoms. The summed E-state index contributed by atoms with van der Waals surface area (Å²) in [6.45, 7) is 8.92. The van der Waals surface area contributed by atoms with Gasteiger partial charge in [0.05, 0.1) is 0 Å². The number of amides is 1. The zero-order valence-corrected chi connectivity index (χ0v) is 14.2. The summed E-state index contributed by atoms with van der Waals surface area (Å²) in [4.78, 5) is 14.5. The molecule has 2 rings (SSSR count). The van der Waals surface area contributed by atoms with Crippen LogP contribution in [0.1, 0.15) is 59.3 Å². The Kier molecular flexibility index (Phi) is 4.99. The molecule has 122 valence electrons. The summed E-state index contributed by atoms with van der Waals surface area (Å²) in [7, 11) is 2.18. The first-order valence-electron chi connectivity index (χ1n) is 8.49. The summed E-state index contributed by atoms with van der Waals surface area (Å²) in [5, 5.41) is 3.59. The topological polar surface area (TPSA) is 58.4 Å². The Bertz CT molecular complexity index is 373. The lowest BCUT2D eigenvalue weighted by Gasteiger charge is -2.35. The van der Waals surface area contributed by atoms with E-state index in [0.717, 1.165) is 38.8 Å². The van der Waals surface area contributed by atoms with E-state index in [4.69, 9.17) is 5.73 Å². The Morgan fingerprint density at radius 3 is 2.52 bits per heavy atom. The number of nitrogens with zero attached hydrogens (tertiary/aromatic N) is 1. The van der Waals surface area contributed by atoms with Crippen LogP contribution >= 0.6 is 0 Å². The first-order chi connectivity index (χ1) is 9.73. The number of nitrogens with two attached hydrogens (primary N) is 1. The largest absolute Gasteiger partial charge is 0.368 e. The van der Waals surface area contributed by atoms with Gasteiger partial charge >= 0.3 is 0 Å². The maximum Gasteiger partial charge on any atom is 0.238 e. The number of carbonyl (C=O) groups is 1. The number of hydrogen-bond acceptors (Lipinski definition) is 3. The van der Waals surface area contributed by atoms with Crippen LogP contribution in [0.4, 0.5) is 0 Å². The van der Waals surface area contributed by atoms with Crippen molar-refractivity contribution in [2.45, 2.75) is 70.9 Å². The van der Waals surface area contributed by atoms with E-state index >= 15 is 0 Å². The molecule has 21 heavy (non-hydrogen) atoms. The van der Waals surface area contributed by atoms with E-state index in [1.54, 1.807) is 0 Å². The molecular weight excluding hydrogens is 262 g/mol. The van der Waals surface area contributed by atoms with Crippen LogP contribution in [0.3, 0.4) is 0 Å². The molecule has 2 atom stereocenters. The van der Waals surface area contributed by atoms with E-state index in [1.807, 2.05) is 0 Å². The van der Waals surface area contributed by atoms with E-state index in [9.17, 15) is 4.79 Å². The minimum Gasteiger partial charge on any atom is -0.368 e. The summed E-state index contributed by atoms with van der Waals surface area (Å²) in [6.07, 6.45) is 6.64. The Balaban J connectivity index is 1.92. The van der Waals surface area contributed by atoms with Gasteiger partial charge in [-0.15, -0.1) is 0 Å². The van der Waals surface area contributed by atoms with Gasteiger partial charge in [-0.2, -0.15) is 0 Å². The fourth-order valence-electron chi connectivity index (χ4n) is 3.91. The molecule has 4 nitrogen and oxygen atoms in total. The second kappa shape index (κ2) is 6.25. The maximum absolute atomic E-state index is 12.1. The zero-order valence-electron chi connectivity index (χ0n) is 14.2. The highest BCUT2D eigenvalue weighted by Gasteiger charge is 2.49. The number of rotatable bonds is 7. The van der Waals surface area contributed by atoms with Gasteiger partial charge in [0, 0.05) is 12.6 Å². The van der Waals surface area contributed by atoms with E-state index in [2.05, 4.69) is 38.0 Å². The average molecular weight is 295 g/mol. The predicted molar refractivity (Wildman–Crippen MR) is 87.0 cm³/mol. The van der Waals surface area contributed by atoms with Crippen LogP contribution in [0.15, 0.2) is 0 Å². The van der Waals surface area contributed by atoms with Gasteiger partial charge in [0.1, 0.15) is 5.54 Å². The van der Waals surface area contributed by atoms with Gasteiger partial charge in [0.15, 0.2) is 0 Å². The molecule has 4 heteroatoms. The molecule has 0 aliphatic heterocycles. The number of hydrogen-bond donors (Lipinski definition) is 2. The molecule has 2 unspecified atom stereocenters. The van der Waals surface area contributed by atoms with Crippen molar-refractivity contribution >= 4 is 5.91 Å². The lowest BCUT2D eigenvalue weighted by Crippen LogP contribution is -2.59. The molecule has 2 aliphatic carbocycles. The van der Waals surface area contributed by atoms with Gasteiger partial charge in [0.25, 0.3) is 0 Å². The van der Waals surface area contributed by atoms with Crippen molar-refractivity contribution in [3.05, 3.63) is 0 Å². The third kappa shape index (κ3) is 4.43. The molecule has 1 amide bonds. The van der Waals surface area contributed by atoms with Crippen molar-refractivity contribution in [2.75, 3.05) is 20.1 Å². The van der Waals surface area contributed by atoms with Crippen LogP contribution in [0, 0.1) is 11.3 Å². The van der Waals surface area contributed by atoms with Crippen molar-refractivity contribution in [3.63, 3.8) is 0 Å². The summed E-state index contributed by atoms with van der Waals surface area (Å²) < 4.78 is 0. The van der Waals surface area contributed by atoms with Crippen LogP contribution < -0.4 is 11.1 Å². The van der Waals surface area contributed by atoms with Gasteiger partial charge in [0.2, 0.25) is 5.91 Å². The molecule has 3 N–H and O–H groups in total. The molecule has 0 radical (unpaired) electrons. The first kappa shape index (κ1) is 16.8. The molecular formula is C17H33N3O. The van der Waals surface area contributed by atoms with Crippen LogP contribution in [-0.4, -0.2) is 42.5 Å². The van der Waals surface area contributed by atoms with Crippen LogP contribution in [0.25, 0.3) is 0 Å². The lowest BCUT2D eigenvalue weighted by atomic mass is 9.83. The third-order valence-electron chi connectivity index (χ3n) is 4.90. The standard InChI is InChI=1S/C17H33N3O/c1-16(2,3)12-20(4)11-9-13-6-5-10-17(13,15(18)21)19-14-7-8-14/h13-14,19H,5-12H2,1-4H3,(H2,18,21). The highest BCUT2D eigenvalue weighted by molar-refractivity contribution is 5.85. The number of nitrogens with one attached hydrogen (secondary N) is 1. The molecule has 0 heterocycles. The molecule has 2 fully saturated rings.